The molecule has 18 heavy (non-hydrogen) atoms. The fourth-order valence-corrected chi connectivity index (χ4v) is 2.40. The second-order valence-electron chi connectivity index (χ2n) is 4.85. The van der Waals surface area contributed by atoms with Gasteiger partial charge in [-0.2, -0.15) is 0 Å². The minimum absolute atomic E-state index is 0.0745. The SMILES string of the molecule is CC(C(=O)NCCC(C)S(C)=O)N1CCNCC1. The Morgan fingerprint density at radius 2 is 2.00 bits per heavy atom. The van der Waals surface area contributed by atoms with Gasteiger partial charge in [-0.15, -0.1) is 0 Å². The first-order valence-electron chi connectivity index (χ1n) is 6.57. The summed E-state index contributed by atoms with van der Waals surface area (Å²) in [7, 11) is -0.810. The average molecular weight is 275 g/mol. The quantitative estimate of drug-likeness (QED) is 0.689. The van der Waals surface area contributed by atoms with Gasteiger partial charge >= 0.3 is 0 Å². The lowest BCUT2D eigenvalue weighted by molar-refractivity contribution is -0.126. The summed E-state index contributed by atoms with van der Waals surface area (Å²) in [4.78, 5) is 14.1. The summed E-state index contributed by atoms with van der Waals surface area (Å²) in [5.74, 6) is 0.0750. The van der Waals surface area contributed by atoms with Gasteiger partial charge in [0.25, 0.3) is 0 Å². The van der Waals surface area contributed by atoms with Gasteiger partial charge in [-0.25, -0.2) is 0 Å². The van der Waals surface area contributed by atoms with Crippen molar-refractivity contribution < 1.29 is 9.00 Å². The molecule has 0 saturated carbocycles. The fourth-order valence-electron chi connectivity index (χ4n) is 1.95. The highest BCUT2D eigenvalue weighted by molar-refractivity contribution is 7.84. The van der Waals surface area contributed by atoms with Gasteiger partial charge < -0.3 is 10.6 Å². The van der Waals surface area contributed by atoms with Crippen LogP contribution < -0.4 is 10.6 Å². The lowest BCUT2D eigenvalue weighted by Crippen LogP contribution is -2.52. The molecular formula is C12H25N3O2S. The largest absolute Gasteiger partial charge is 0.355 e. The van der Waals surface area contributed by atoms with Gasteiger partial charge in [0.2, 0.25) is 5.91 Å². The zero-order valence-electron chi connectivity index (χ0n) is 11.6. The molecule has 1 fully saturated rings. The Bertz CT molecular complexity index is 293. The maximum atomic E-state index is 11.9. The lowest BCUT2D eigenvalue weighted by Gasteiger charge is -2.31. The van der Waals surface area contributed by atoms with E-state index in [1.165, 1.54) is 0 Å². The highest BCUT2D eigenvalue weighted by atomic mass is 32.2. The number of nitrogens with zero attached hydrogens (tertiary/aromatic N) is 1. The van der Waals surface area contributed by atoms with Crippen molar-refractivity contribution >= 4 is 16.7 Å². The summed E-state index contributed by atoms with van der Waals surface area (Å²) < 4.78 is 11.2. The van der Waals surface area contributed by atoms with Crippen LogP contribution in [0.5, 0.6) is 0 Å². The van der Waals surface area contributed by atoms with Gasteiger partial charge in [0.15, 0.2) is 0 Å². The molecule has 0 spiro atoms. The number of nitrogens with one attached hydrogen (secondary N) is 2. The fraction of sp³-hybridized carbons (Fsp3) is 0.917. The molecule has 1 saturated heterocycles. The Kier molecular flexibility index (Phi) is 6.81. The maximum Gasteiger partial charge on any atom is 0.237 e. The van der Waals surface area contributed by atoms with E-state index in [2.05, 4.69) is 15.5 Å². The summed E-state index contributed by atoms with van der Waals surface area (Å²) in [6.07, 6.45) is 2.47. The van der Waals surface area contributed by atoms with Gasteiger partial charge in [0, 0.05) is 55.0 Å². The van der Waals surface area contributed by atoms with Crippen molar-refractivity contribution in [3.8, 4) is 0 Å². The molecule has 3 unspecified atom stereocenters. The van der Waals surface area contributed by atoms with Gasteiger partial charge in [-0.3, -0.25) is 13.9 Å². The molecule has 0 aromatic heterocycles. The van der Waals surface area contributed by atoms with Crippen molar-refractivity contribution in [2.75, 3.05) is 39.0 Å². The zero-order valence-corrected chi connectivity index (χ0v) is 12.4. The monoisotopic (exact) mass is 275 g/mol. The summed E-state index contributed by atoms with van der Waals surface area (Å²) in [6, 6.07) is -0.0745. The van der Waals surface area contributed by atoms with Crippen molar-refractivity contribution in [2.24, 2.45) is 0 Å². The van der Waals surface area contributed by atoms with Crippen LogP contribution in [-0.4, -0.2) is 65.3 Å². The van der Waals surface area contributed by atoms with Gasteiger partial charge in [-0.05, 0) is 13.3 Å². The van der Waals surface area contributed by atoms with Crippen molar-refractivity contribution in [1.82, 2.24) is 15.5 Å². The van der Waals surface area contributed by atoms with E-state index in [-0.39, 0.29) is 17.2 Å². The maximum absolute atomic E-state index is 11.9. The Morgan fingerprint density at radius 1 is 1.39 bits per heavy atom. The van der Waals surface area contributed by atoms with E-state index in [9.17, 15) is 9.00 Å². The van der Waals surface area contributed by atoms with E-state index < -0.39 is 10.8 Å². The Balaban J connectivity index is 2.24. The molecule has 106 valence electrons. The van der Waals surface area contributed by atoms with Crippen molar-refractivity contribution in [3.63, 3.8) is 0 Å². The second kappa shape index (κ2) is 7.86. The molecule has 6 heteroatoms. The summed E-state index contributed by atoms with van der Waals surface area (Å²) in [5.41, 5.74) is 0. The molecule has 2 N–H and O–H groups in total. The van der Waals surface area contributed by atoms with Crippen LogP contribution in [0.1, 0.15) is 20.3 Å². The molecule has 1 aliphatic heterocycles. The average Bonchev–Trinajstić information content (AvgIpc) is 2.38. The number of hydrogen-bond acceptors (Lipinski definition) is 4. The van der Waals surface area contributed by atoms with Crippen LogP contribution in [0.25, 0.3) is 0 Å². The molecule has 5 nitrogen and oxygen atoms in total. The van der Waals surface area contributed by atoms with Gasteiger partial charge in [0.1, 0.15) is 0 Å². The lowest BCUT2D eigenvalue weighted by atomic mass is 10.2. The first-order chi connectivity index (χ1) is 8.52. The Hall–Kier alpha value is -0.460. The standard InChI is InChI=1S/C12H25N3O2S/c1-10(18(3)17)4-5-14-12(16)11(2)15-8-6-13-7-9-15/h10-11,13H,4-9H2,1-3H3,(H,14,16). The van der Waals surface area contributed by atoms with Crippen LogP contribution in [0.2, 0.25) is 0 Å². The van der Waals surface area contributed by atoms with E-state index >= 15 is 0 Å². The molecule has 0 radical (unpaired) electrons. The molecule has 0 aliphatic carbocycles. The van der Waals surface area contributed by atoms with Crippen molar-refractivity contribution in [1.29, 1.82) is 0 Å². The van der Waals surface area contributed by atoms with Crippen LogP contribution >= 0.6 is 0 Å². The third-order valence-electron chi connectivity index (χ3n) is 3.50. The zero-order chi connectivity index (χ0) is 13.5. The number of hydrogen-bond donors (Lipinski definition) is 2. The van der Waals surface area contributed by atoms with E-state index in [1.807, 2.05) is 13.8 Å². The molecule has 0 aromatic rings. The molecule has 3 atom stereocenters. The number of carbonyl (C=O) groups is 1. The van der Waals surface area contributed by atoms with Crippen molar-refractivity contribution in [2.45, 2.75) is 31.6 Å². The molecule has 1 heterocycles. The number of amides is 1. The van der Waals surface area contributed by atoms with Crippen LogP contribution in [0, 0.1) is 0 Å². The molecule has 1 amide bonds. The molecular weight excluding hydrogens is 250 g/mol. The summed E-state index contributed by atoms with van der Waals surface area (Å²) in [6.45, 7) is 8.24. The minimum atomic E-state index is -0.810. The van der Waals surface area contributed by atoms with Crippen LogP contribution in [0.15, 0.2) is 0 Å². The highest BCUT2D eigenvalue weighted by Crippen LogP contribution is 2.02. The number of piperazine rings is 1. The number of rotatable bonds is 6. The predicted octanol–water partition coefficient (Wildman–Crippen LogP) is -0.447. The summed E-state index contributed by atoms with van der Waals surface area (Å²) in [5, 5.41) is 6.34. The van der Waals surface area contributed by atoms with Crippen molar-refractivity contribution in [3.05, 3.63) is 0 Å². The normalized spacial score (nSPS) is 22.2. The second-order valence-corrected chi connectivity index (χ2v) is 6.65. The predicted molar refractivity (Wildman–Crippen MR) is 75.1 cm³/mol. The van der Waals surface area contributed by atoms with E-state index in [0.29, 0.717) is 6.54 Å². The molecule has 1 aliphatic rings. The topological polar surface area (TPSA) is 61.4 Å². The third-order valence-corrected chi connectivity index (χ3v) is 4.86. The van der Waals surface area contributed by atoms with Gasteiger partial charge in [-0.1, -0.05) is 6.92 Å². The molecule has 1 rings (SSSR count). The minimum Gasteiger partial charge on any atom is -0.355 e. The molecule has 0 aromatic carbocycles. The van der Waals surface area contributed by atoms with E-state index in [1.54, 1.807) is 6.26 Å². The highest BCUT2D eigenvalue weighted by Gasteiger charge is 2.22. The Labute approximate surface area is 112 Å². The smallest absolute Gasteiger partial charge is 0.237 e. The van der Waals surface area contributed by atoms with Crippen LogP contribution in [0.4, 0.5) is 0 Å². The van der Waals surface area contributed by atoms with Gasteiger partial charge in [0.05, 0.1) is 6.04 Å². The van der Waals surface area contributed by atoms with E-state index in [4.69, 9.17) is 0 Å². The first-order valence-corrected chi connectivity index (χ1v) is 8.19. The van der Waals surface area contributed by atoms with Crippen LogP contribution in [0.3, 0.4) is 0 Å². The summed E-state index contributed by atoms with van der Waals surface area (Å²) >= 11 is 0. The number of carbonyl (C=O) groups excluding carboxylic acids is 1. The Morgan fingerprint density at radius 3 is 2.56 bits per heavy atom. The van der Waals surface area contributed by atoms with Crippen LogP contribution in [-0.2, 0) is 15.6 Å². The van der Waals surface area contributed by atoms with E-state index in [0.717, 1.165) is 32.6 Å². The first kappa shape index (κ1) is 15.6. The third kappa shape index (κ3) is 5.04. The molecule has 0 bridgehead atoms.